The zero-order valence-corrected chi connectivity index (χ0v) is 10.9. The standard InChI is InChI=1S/C14H18N2O2/c1-9-8-13(17)16(14(9)18)12-6-4-11(5-7-12)10(2)15-3/h4-7,9-10,15H,8H2,1-3H3. The molecule has 0 saturated carbocycles. The summed E-state index contributed by atoms with van der Waals surface area (Å²) in [5.74, 6) is -0.412. The third-order valence-electron chi connectivity index (χ3n) is 3.46. The molecule has 0 aromatic heterocycles. The quantitative estimate of drug-likeness (QED) is 0.828. The van der Waals surface area contributed by atoms with Crippen molar-refractivity contribution in [3.05, 3.63) is 29.8 Å². The van der Waals surface area contributed by atoms with Crippen LogP contribution in [0.2, 0.25) is 0 Å². The Bertz CT molecular complexity index is 467. The van der Waals surface area contributed by atoms with Gasteiger partial charge in [-0.25, -0.2) is 0 Å². The fourth-order valence-electron chi connectivity index (χ4n) is 2.13. The van der Waals surface area contributed by atoms with Gasteiger partial charge in [0.1, 0.15) is 0 Å². The molecule has 18 heavy (non-hydrogen) atoms. The Morgan fingerprint density at radius 2 is 1.89 bits per heavy atom. The fraction of sp³-hybridized carbons (Fsp3) is 0.429. The van der Waals surface area contributed by atoms with E-state index in [1.165, 1.54) is 4.90 Å². The van der Waals surface area contributed by atoms with Crippen molar-refractivity contribution in [3.63, 3.8) is 0 Å². The van der Waals surface area contributed by atoms with Gasteiger partial charge in [-0.2, -0.15) is 0 Å². The molecule has 4 nitrogen and oxygen atoms in total. The smallest absolute Gasteiger partial charge is 0.237 e. The summed E-state index contributed by atoms with van der Waals surface area (Å²) in [5, 5.41) is 3.15. The second-order valence-corrected chi connectivity index (χ2v) is 4.77. The predicted molar refractivity (Wildman–Crippen MR) is 70.2 cm³/mol. The maximum absolute atomic E-state index is 11.9. The molecule has 1 heterocycles. The number of benzene rings is 1. The lowest BCUT2D eigenvalue weighted by Crippen LogP contribution is -2.29. The lowest BCUT2D eigenvalue weighted by atomic mass is 10.1. The number of nitrogens with one attached hydrogen (secondary N) is 1. The molecule has 1 aliphatic heterocycles. The van der Waals surface area contributed by atoms with Crippen molar-refractivity contribution in [1.82, 2.24) is 5.32 Å². The monoisotopic (exact) mass is 246 g/mol. The summed E-state index contributed by atoms with van der Waals surface area (Å²) in [6.07, 6.45) is 0.313. The summed E-state index contributed by atoms with van der Waals surface area (Å²) >= 11 is 0. The fourth-order valence-corrected chi connectivity index (χ4v) is 2.13. The molecule has 1 N–H and O–H groups in total. The first-order chi connectivity index (χ1) is 8.54. The molecule has 2 unspecified atom stereocenters. The van der Waals surface area contributed by atoms with Crippen LogP contribution >= 0.6 is 0 Å². The molecule has 1 aromatic carbocycles. The number of carbonyl (C=O) groups is 2. The number of hydrogen-bond donors (Lipinski definition) is 1. The van der Waals surface area contributed by atoms with Gasteiger partial charge in [-0.3, -0.25) is 14.5 Å². The highest BCUT2D eigenvalue weighted by molar-refractivity contribution is 6.20. The Balaban J connectivity index is 2.25. The van der Waals surface area contributed by atoms with Crippen LogP contribution in [-0.2, 0) is 9.59 Å². The van der Waals surface area contributed by atoms with E-state index in [9.17, 15) is 9.59 Å². The van der Waals surface area contributed by atoms with Crippen molar-refractivity contribution in [3.8, 4) is 0 Å². The highest BCUT2D eigenvalue weighted by atomic mass is 16.2. The molecule has 0 bridgehead atoms. The summed E-state index contributed by atoms with van der Waals surface area (Å²) in [7, 11) is 1.90. The minimum absolute atomic E-state index is 0.102. The number of amides is 2. The third-order valence-corrected chi connectivity index (χ3v) is 3.46. The van der Waals surface area contributed by atoms with Crippen LogP contribution in [0.5, 0.6) is 0 Å². The average Bonchev–Trinajstić information content (AvgIpc) is 2.63. The van der Waals surface area contributed by atoms with E-state index in [1.54, 1.807) is 6.92 Å². The zero-order chi connectivity index (χ0) is 13.3. The summed E-state index contributed by atoms with van der Waals surface area (Å²) in [5.41, 5.74) is 1.80. The second-order valence-electron chi connectivity index (χ2n) is 4.77. The van der Waals surface area contributed by atoms with Crippen LogP contribution in [0.25, 0.3) is 0 Å². The predicted octanol–water partition coefficient (Wildman–Crippen LogP) is 1.87. The Morgan fingerprint density at radius 1 is 1.28 bits per heavy atom. The van der Waals surface area contributed by atoms with Gasteiger partial charge in [0, 0.05) is 18.4 Å². The molecule has 0 aliphatic carbocycles. The highest BCUT2D eigenvalue weighted by Crippen LogP contribution is 2.27. The first-order valence-electron chi connectivity index (χ1n) is 6.18. The molecule has 2 atom stereocenters. The van der Waals surface area contributed by atoms with Crippen molar-refractivity contribution < 1.29 is 9.59 Å². The van der Waals surface area contributed by atoms with Gasteiger partial charge in [0.25, 0.3) is 0 Å². The molecule has 0 spiro atoms. The Kier molecular flexibility index (Phi) is 3.48. The molecule has 4 heteroatoms. The maximum atomic E-state index is 11.9. The van der Waals surface area contributed by atoms with Crippen molar-refractivity contribution in [2.75, 3.05) is 11.9 Å². The van der Waals surface area contributed by atoms with E-state index >= 15 is 0 Å². The van der Waals surface area contributed by atoms with E-state index in [1.807, 2.05) is 31.3 Å². The number of hydrogen-bond acceptors (Lipinski definition) is 3. The molecule has 1 fully saturated rings. The molecular weight excluding hydrogens is 228 g/mol. The lowest BCUT2D eigenvalue weighted by Gasteiger charge is -2.16. The van der Waals surface area contributed by atoms with Crippen molar-refractivity contribution in [2.24, 2.45) is 5.92 Å². The van der Waals surface area contributed by atoms with Crippen LogP contribution in [0.3, 0.4) is 0 Å². The van der Waals surface area contributed by atoms with Gasteiger partial charge < -0.3 is 5.32 Å². The molecule has 2 rings (SSSR count). The van der Waals surface area contributed by atoms with E-state index in [0.717, 1.165) is 5.56 Å². The highest BCUT2D eigenvalue weighted by Gasteiger charge is 2.36. The van der Waals surface area contributed by atoms with E-state index < -0.39 is 0 Å². The molecule has 1 aliphatic rings. The first kappa shape index (κ1) is 12.8. The normalized spacial score (nSPS) is 21.5. The van der Waals surface area contributed by atoms with Crippen LogP contribution in [0.15, 0.2) is 24.3 Å². The van der Waals surface area contributed by atoms with Gasteiger partial charge >= 0.3 is 0 Å². The van der Waals surface area contributed by atoms with Crippen LogP contribution in [-0.4, -0.2) is 18.9 Å². The van der Waals surface area contributed by atoms with Gasteiger partial charge in [0.05, 0.1) is 5.69 Å². The minimum Gasteiger partial charge on any atom is -0.313 e. The van der Waals surface area contributed by atoms with E-state index in [-0.39, 0.29) is 23.8 Å². The summed E-state index contributed by atoms with van der Waals surface area (Å²) in [4.78, 5) is 24.9. The third kappa shape index (κ3) is 2.16. The molecular formula is C14H18N2O2. The first-order valence-corrected chi connectivity index (χ1v) is 6.18. The SMILES string of the molecule is CNC(C)c1ccc(N2C(=O)CC(C)C2=O)cc1. The van der Waals surface area contributed by atoms with Crippen molar-refractivity contribution >= 4 is 17.5 Å². The van der Waals surface area contributed by atoms with Crippen LogP contribution in [0.1, 0.15) is 31.9 Å². The largest absolute Gasteiger partial charge is 0.313 e. The van der Waals surface area contributed by atoms with Gasteiger partial charge in [-0.1, -0.05) is 19.1 Å². The van der Waals surface area contributed by atoms with E-state index in [0.29, 0.717) is 12.1 Å². The van der Waals surface area contributed by atoms with E-state index in [4.69, 9.17) is 0 Å². The Labute approximate surface area is 107 Å². The number of carbonyl (C=O) groups excluding carboxylic acids is 2. The van der Waals surface area contributed by atoms with Crippen LogP contribution in [0.4, 0.5) is 5.69 Å². The van der Waals surface area contributed by atoms with Crippen LogP contribution < -0.4 is 10.2 Å². The lowest BCUT2D eigenvalue weighted by molar-refractivity contribution is -0.122. The minimum atomic E-state index is -0.201. The van der Waals surface area contributed by atoms with Crippen LogP contribution in [0, 0.1) is 5.92 Å². The molecule has 0 radical (unpaired) electrons. The second kappa shape index (κ2) is 4.90. The zero-order valence-electron chi connectivity index (χ0n) is 10.9. The summed E-state index contributed by atoms with van der Waals surface area (Å²) < 4.78 is 0. The Morgan fingerprint density at radius 3 is 2.33 bits per heavy atom. The number of anilines is 1. The van der Waals surface area contributed by atoms with E-state index in [2.05, 4.69) is 12.2 Å². The van der Waals surface area contributed by atoms with Gasteiger partial charge in [-0.05, 0) is 31.7 Å². The number of nitrogens with zero attached hydrogens (tertiary/aromatic N) is 1. The Hall–Kier alpha value is -1.68. The van der Waals surface area contributed by atoms with Gasteiger partial charge in [0.2, 0.25) is 11.8 Å². The number of rotatable bonds is 3. The molecule has 96 valence electrons. The van der Waals surface area contributed by atoms with Gasteiger partial charge in [0.15, 0.2) is 0 Å². The molecule has 1 aromatic rings. The number of imide groups is 1. The topological polar surface area (TPSA) is 49.4 Å². The molecule has 1 saturated heterocycles. The summed E-state index contributed by atoms with van der Waals surface area (Å²) in [6.45, 7) is 3.85. The average molecular weight is 246 g/mol. The maximum Gasteiger partial charge on any atom is 0.237 e. The summed E-state index contributed by atoms with van der Waals surface area (Å²) in [6, 6.07) is 7.80. The van der Waals surface area contributed by atoms with Gasteiger partial charge in [-0.15, -0.1) is 0 Å². The van der Waals surface area contributed by atoms with Crippen molar-refractivity contribution in [2.45, 2.75) is 26.3 Å². The molecule has 2 amide bonds. The van der Waals surface area contributed by atoms with Crippen molar-refractivity contribution in [1.29, 1.82) is 0 Å².